The number of aryl methyl sites for hydroxylation is 1. The molecule has 2 aromatic rings. The molecule has 0 atom stereocenters. The van der Waals surface area contributed by atoms with Crippen LogP contribution in [0.3, 0.4) is 0 Å². The average molecular weight is 299 g/mol. The Balaban J connectivity index is 1.99. The van der Waals surface area contributed by atoms with Gasteiger partial charge in [0, 0.05) is 6.42 Å². The standard InChI is InChI=1S/C15H16F3NO2/c1-2-11-7-8-12(21-11)9-19-13-5-3-4-6-14(13)20-10-15(16,17)18/h3-8,19H,2,9-10H2,1H3. The molecule has 21 heavy (non-hydrogen) atoms. The van der Waals surface area contributed by atoms with Crippen LogP contribution in [0.25, 0.3) is 0 Å². The van der Waals surface area contributed by atoms with Gasteiger partial charge in [0.15, 0.2) is 6.61 Å². The van der Waals surface area contributed by atoms with Crippen LogP contribution in [0, 0.1) is 0 Å². The van der Waals surface area contributed by atoms with E-state index in [1.54, 1.807) is 18.2 Å². The van der Waals surface area contributed by atoms with Crippen molar-refractivity contribution >= 4 is 5.69 Å². The van der Waals surface area contributed by atoms with E-state index < -0.39 is 12.8 Å². The smallest absolute Gasteiger partial charge is 0.422 e. The van der Waals surface area contributed by atoms with Crippen molar-refractivity contribution in [2.45, 2.75) is 26.1 Å². The summed E-state index contributed by atoms with van der Waals surface area (Å²) in [6.45, 7) is 1.05. The largest absolute Gasteiger partial charge is 0.482 e. The van der Waals surface area contributed by atoms with Gasteiger partial charge in [-0.05, 0) is 24.3 Å². The number of benzene rings is 1. The molecule has 0 saturated heterocycles. The number of ether oxygens (including phenoxy) is 1. The zero-order valence-corrected chi connectivity index (χ0v) is 11.5. The van der Waals surface area contributed by atoms with E-state index in [4.69, 9.17) is 9.15 Å². The van der Waals surface area contributed by atoms with Gasteiger partial charge < -0.3 is 14.5 Å². The molecule has 1 aromatic carbocycles. The van der Waals surface area contributed by atoms with Gasteiger partial charge >= 0.3 is 6.18 Å². The summed E-state index contributed by atoms with van der Waals surface area (Å²) in [5, 5.41) is 3.02. The quantitative estimate of drug-likeness (QED) is 0.858. The maximum Gasteiger partial charge on any atom is 0.422 e. The van der Waals surface area contributed by atoms with E-state index in [9.17, 15) is 13.2 Å². The number of alkyl halides is 3. The second kappa shape index (κ2) is 6.56. The van der Waals surface area contributed by atoms with Crippen molar-refractivity contribution in [3.05, 3.63) is 47.9 Å². The number of nitrogens with one attached hydrogen (secondary N) is 1. The van der Waals surface area contributed by atoms with Gasteiger partial charge in [0.1, 0.15) is 17.3 Å². The van der Waals surface area contributed by atoms with E-state index in [0.29, 0.717) is 12.2 Å². The third kappa shape index (κ3) is 4.73. The Kier molecular flexibility index (Phi) is 4.77. The van der Waals surface area contributed by atoms with Crippen LogP contribution in [0.4, 0.5) is 18.9 Å². The van der Waals surface area contributed by atoms with E-state index in [1.807, 2.05) is 19.1 Å². The van der Waals surface area contributed by atoms with E-state index in [1.165, 1.54) is 6.07 Å². The molecule has 114 valence electrons. The minimum Gasteiger partial charge on any atom is -0.482 e. The summed E-state index contributed by atoms with van der Waals surface area (Å²) in [6, 6.07) is 10.2. The fraction of sp³-hybridized carbons (Fsp3) is 0.333. The molecule has 0 aliphatic rings. The van der Waals surface area contributed by atoms with Gasteiger partial charge in [-0.2, -0.15) is 13.2 Å². The topological polar surface area (TPSA) is 34.4 Å². The van der Waals surface area contributed by atoms with Crippen molar-refractivity contribution in [3.63, 3.8) is 0 Å². The second-order valence-electron chi connectivity index (χ2n) is 4.48. The first kappa shape index (κ1) is 15.3. The van der Waals surface area contributed by atoms with Gasteiger partial charge in [-0.3, -0.25) is 0 Å². The second-order valence-corrected chi connectivity index (χ2v) is 4.48. The molecular weight excluding hydrogens is 283 g/mol. The Morgan fingerprint density at radius 2 is 1.81 bits per heavy atom. The van der Waals surface area contributed by atoms with Crippen molar-refractivity contribution in [1.82, 2.24) is 0 Å². The molecule has 0 unspecified atom stereocenters. The summed E-state index contributed by atoms with van der Waals surface area (Å²) < 4.78 is 46.9. The molecule has 1 heterocycles. The third-order valence-corrected chi connectivity index (χ3v) is 2.80. The highest BCUT2D eigenvalue weighted by Gasteiger charge is 2.28. The first-order valence-electron chi connectivity index (χ1n) is 6.58. The average Bonchev–Trinajstić information content (AvgIpc) is 2.91. The highest BCUT2D eigenvalue weighted by Crippen LogP contribution is 2.26. The monoisotopic (exact) mass is 299 g/mol. The third-order valence-electron chi connectivity index (χ3n) is 2.80. The van der Waals surface area contributed by atoms with Gasteiger partial charge in [0.2, 0.25) is 0 Å². The maximum absolute atomic E-state index is 12.2. The fourth-order valence-electron chi connectivity index (χ4n) is 1.79. The van der Waals surface area contributed by atoms with Crippen LogP contribution in [0.2, 0.25) is 0 Å². The SMILES string of the molecule is CCc1ccc(CNc2ccccc2OCC(F)(F)F)o1. The van der Waals surface area contributed by atoms with Gasteiger partial charge in [-0.1, -0.05) is 19.1 Å². The molecular formula is C15H16F3NO2. The normalized spacial score (nSPS) is 11.4. The van der Waals surface area contributed by atoms with Crippen molar-refractivity contribution in [3.8, 4) is 5.75 Å². The molecule has 0 radical (unpaired) electrons. The maximum atomic E-state index is 12.2. The van der Waals surface area contributed by atoms with Crippen LogP contribution in [0.15, 0.2) is 40.8 Å². The molecule has 0 bridgehead atoms. The molecule has 0 amide bonds. The molecule has 1 aromatic heterocycles. The molecule has 0 aliphatic carbocycles. The number of hydrogen-bond acceptors (Lipinski definition) is 3. The van der Waals surface area contributed by atoms with E-state index in [-0.39, 0.29) is 5.75 Å². The summed E-state index contributed by atoms with van der Waals surface area (Å²) >= 11 is 0. The first-order valence-corrected chi connectivity index (χ1v) is 6.58. The predicted octanol–water partition coefficient (Wildman–Crippen LogP) is 4.40. The van der Waals surface area contributed by atoms with Crippen molar-refractivity contribution in [2.75, 3.05) is 11.9 Å². The summed E-state index contributed by atoms with van der Waals surface area (Å²) in [4.78, 5) is 0. The van der Waals surface area contributed by atoms with Crippen LogP contribution < -0.4 is 10.1 Å². The van der Waals surface area contributed by atoms with Crippen molar-refractivity contribution in [2.24, 2.45) is 0 Å². The van der Waals surface area contributed by atoms with Crippen LogP contribution >= 0.6 is 0 Å². The molecule has 0 aliphatic heterocycles. The molecule has 2 rings (SSSR count). The fourth-order valence-corrected chi connectivity index (χ4v) is 1.79. The summed E-state index contributed by atoms with van der Waals surface area (Å²) in [5.74, 6) is 1.75. The molecule has 0 fully saturated rings. The minimum atomic E-state index is -4.36. The Morgan fingerprint density at radius 1 is 1.10 bits per heavy atom. The lowest BCUT2D eigenvalue weighted by Crippen LogP contribution is -2.19. The summed E-state index contributed by atoms with van der Waals surface area (Å²) in [7, 11) is 0. The highest BCUT2D eigenvalue weighted by atomic mass is 19.4. The van der Waals surface area contributed by atoms with E-state index in [0.717, 1.165) is 17.9 Å². The Morgan fingerprint density at radius 3 is 2.48 bits per heavy atom. The molecule has 0 saturated carbocycles. The van der Waals surface area contributed by atoms with Gasteiger partial charge in [-0.25, -0.2) is 0 Å². The Hall–Kier alpha value is -2.11. The Labute approximate surface area is 120 Å². The van der Waals surface area contributed by atoms with Crippen LogP contribution in [0.1, 0.15) is 18.4 Å². The van der Waals surface area contributed by atoms with Crippen LogP contribution in [0.5, 0.6) is 5.75 Å². The van der Waals surface area contributed by atoms with Gasteiger partial charge in [-0.15, -0.1) is 0 Å². The summed E-state index contributed by atoms with van der Waals surface area (Å²) in [6.07, 6.45) is -3.56. The number of halogens is 3. The van der Waals surface area contributed by atoms with Crippen LogP contribution in [-0.4, -0.2) is 12.8 Å². The van der Waals surface area contributed by atoms with Crippen LogP contribution in [-0.2, 0) is 13.0 Å². The number of rotatable bonds is 6. The Bertz CT molecular complexity index is 578. The minimum absolute atomic E-state index is 0.164. The molecule has 6 heteroatoms. The van der Waals surface area contributed by atoms with E-state index >= 15 is 0 Å². The van der Waals surface area contributed by atoms with E-state index in [2.05, 4.69) is 5.32 Å². The zero-order chi connectivity index (χ0) is 15.3. The lowest BCUT2D eigenvalue weighted by molar-refractivity contribution is -0.153. The molecule has 0 spiro atoms. The number of anilines is 1. The van der Waals surface area contributed by atoms with Gasteiger partial charge in [0.25, 0.3) is 0 Å². The lowest BCUT2D eigenvalue weighted by atomic mass is 10.3. The predicted molar refractivity (Wildman–Crippen MR) is 73.4 cm³/mol. The number of para-hydroxylation sites is 2. The van der Waals surface area contributed by atoms with Crippen molar-refractivity contribution in [1.29, 1.82) is 0 Å². The number of hydrogen-bond donors (Lipinski definition) is 1. The van der Waals surface area contributed by atoms with Gasteiger partial charge in [0.05, 0.1) is 12.2 Å². The first-order chi connectivity index (χ1) is 9.98. The summed E-state index contributed by atoms with van der Waals surface area (Å²) in [5.41, 5.74) is 0.496. The molecule has 1 N–H and O–H groups in total. The highest BCUT2D eigenvalue weighted by molar-refractivity contribution is 5.56. The zero-order valence-electron chi connectivity index (χ0n) is 11.5. The number of furan rings is 1. The molecule has 3 nitrogen and oxygen atoms in total. The van der Waals surface area contributed by atoms with Crippen molar-refractivity contribution < 1.29 is 22.3 Å². The lowest BCUT2D eigenvalue weighted by Gasteiger charge is -2.13.